The fourth-order valence-electron chi connectivity index (χ4n) is 1.24. The molecule has 71 valence electrons. The second-order valence-electron chi connectivity index (χ2n) is 3.46. The molecular weight excluding hydrogens is 174 g/mol. The predicted octanol–water partition coefficient (Wildman–Crippen LogP) is 1.54. The van der Waals surface area contributed by atoms with Gasteiger partial charge in [-0.05, 0) is 19.9 Å². The summed E-state index contributed by atoms with van der Waals surface area (Å²) in [6, 6.07) is 6.26. The third kappa shape index (κ3) is 1.66. The fourth-order valence-corrected chi connectivity index (χ4v) is 1.24. The molecule has 0 spiro atoms. The Labute approximate surface area is 83.7 Å². The SMILES string of the molecule is CC(C)[n+]1[c]n(-c2ccccn2)cc1. The van der Waals surface area contributed by atoms with Crippen LogP contribution in [0, 0.1) is 6.33 Å². The van der Waals surface area contributed by atoms with Crippen LogP contribution in [0.2, 0.25) is 0 Å². The summed E-state index contributed by atoms with van der Waals surface area (Å²) >= 11 is 0. The van der Waals surface area contributed by atoms with E-state index in [1.54, 1.807) is 6.20 Å². The molecule has 3 nitrogen and oxygen atoms in total. The Morgan fingerprint density at radius 1 is 1.43 bits per heavy atom. The van der Waals surface area contributed by atoms with Crippen molar-refractivity contribution in [2.24, 2.45) is 0 Å². The van der Waals surface area contributed by atoms with Crippen LogP contribution in [0.25, 0.3) is 5.82 Å². The van der Waals surface area contributed by atoms with Crippen LogP contribution in [0.4, 0.5) is 0 Å². The second-order valence-corrected chi connectivity index (χ2v) is 3.46. The van der Waals surface area contributed by atoms with Gasteiger partial charge in [-0.3, -0.25) is 0 Å². The summed E-state index contributed by atoms with van der Waals surface area (Å²) in [7, 11) is 0. The molecule has 0 bridgehead atoms. The maximum atomic E-state index is 4.24. The van der Waals surface area contributed by atoms with E-state index in [0.29, 0.717) is 6.04 Å². The molecule has 1 radical (unpaired) electrons. The van der Waals surface area contributed by atoms with Crippen molar-refractivity contribution < 1.29 is 4.57 Å². The van der Waals surface area contributed by atoms with Crippen LogP contribution in [0.1, 0.15) is 19.9 Å². The third-order valence-electron chi connectivity index (χ3n) is 2.05. The summed E-state index contributed by atoms with van der Waals surface area (Å²) in [5, 5.41) is 0. The highest BCUT2D eigenvalue weighted by Crippen LogP contribution is 2.01. The normalized spacial score (nSPS) is 10.8. The molecule has 0 saturated carbocycles. The smallest absolute Gasteiger partial charge is 0.221 e. The number of imidazole rings is 1. The van der Waals surface area contributed by atoms with E-state index in [-0.39, 0.29) is 0 Å². The van der Waals surface area contributed by atoms with Gasteiger partial charge >= 0.3 is 6.33 Å². The van der Waals surface area contributed by atoms with Gasteiger partial charge in [-0.25, -0.2) is 9.55 Å². The van der Waals surface area contributed by atoms with E-state index in [2.05, 4.69) is 25.2 Å². The molecule has 0 N–H and O–H groups in total. The summed E-state index contributed by atoms with van der Waals surface area (Å²) in [4.78, 5) is 4.24. The predicted molar refractivity (Wildman–Crippen MR) is 53.0 cm³/mol. The summed E-state index contributed by atoms with van der Waals surface area (Å²) < 4.78 is 3.91. The summed E-state index contributed by atoms with van der Waals surface area (Å²) in [6.45, 7) is 4.25. The molecule has 2 aromatic heterocycles. The highest BCUT2D eigenvalue weighted by molar-refractivity contribution is 5.19. The van der Waals surface area contributed by atoms with Gasteiger partial charge in [0.1, 0.15) is 12.4 Å². The topological polar surface area (TPSA) is 21.7 Å². The Balaban J connectivity index is 2.34. The van der Waals surface area contributed by atoms with E-state index in [0.717, 1.165) is 5.82 Å². The first-order valence-corrected chi connectivity index (χ1v) is 4.70. The number of aromatic nitrogens is 3. The first-order chi connectivity index (χ1) is 6.77. The third-order valence-corrected chi connectivity index (χ3v) is 2.05. The van der Waals surface area contributed by atoms with Crippen molar-refractivity contribution in [2.45, 2.75) is 19.9 Å². The van der Waals surface area contributed by atoms with Crippen LogP contribution >= 0.6 is 0 Å². The van der Waals surface area contributed by atoms with Crippen molar-refractivity contribution >= 4 is 0 Å². The van der Waals surface area contributed by atoms with E-state index in [1.165, 1.54) is 0 Å². The molecule has 14 heavy (non-hydrogen) atoms. The Morgan fingerprint density at radius 3 is 2.86 bits per heavy atom. The van der Waals surface area contributed by atoms with Crippen molar-refractivity contribution in [3.63, 3.8) is 0 Å². The number of nitrogens with zero attached hydrogens (tertiary/aromatic N) is 3. The fraction of sp³-hybridized carbons (Fsp3) is 0.273. The molecule has 0 aliphatic rings. The highest BCUT2D eigenvalue weighted by Gasteiger charge is 2.10. The maximum absolute atomic E-state index is 4.24. The molecule has 0 aromatic carbocycles. The molecule has 0 aliphatic heterocycles. The van der Waals surface area contributed by atoms with E-state index in [4.69, 9.17) is 0 Å². The quantitative estimate of drug-likeness (QED) is 0.653. The monoisotopic (exact) mass is 187 g/mol. The Kier molecular flexibility index (Phi) is 2.31. The zero-order valence-electron chi connectivity index (χ0n) is 8.38. The standard InChI is InChI=1S/C11H13N3/c1-10(2)13-7-8-14(9-13)11-5-3-4-6-12-11/h3-8,10H,1-2H3/q+1. The largest absolute Gasteiger partial charge is 0.380 e. The first kappa shape index (κ1) is 8.94. The van der Waals surface area contributed by atoms with E-state index in [1.807, 2.05) is 39.7 Å². The van der Waals surface area contributed by atoms with E-state index >= 15 is 0 Å². The maximum Gasteiger partial charge on any atom is 0.380 e. The lowest BCUT2D eigenvalue weighted by Gasteiger charge is -1.95. The summed E-state index contributed by atoms with van der Waals surface area (Å²) in [5.41, 5.74) is 0. The molecule has 0 unspecified atom stereocenters. The Hall–Kier alpha value is -1.64. The van der Waals surface area contributed by atoms with Gasteiger partial charge in [0.25, 0.3) is 0 Å². The molecule has 2 heterocycles. The van der Waals surface area contributed by atoms with Gasteiger partial charge in [-0.15, -0.1) is 0 Å². The van der Waals surface area contributed by atoms with Crippen molar-refractivity contribution in [1.82, 2.24) is 9.55 Å². The van der Waals surface area contributed by atoms with Gasteiger partial charge in [0.15, 0.2) is 0 Å². The molecule has 0 amide bonds. The van der Waals surface area contributed by atoms with E-state index in [9.17, 15) is 0 Å². The highest BCUT2D eigenvalue weighted by atomic mass is 15.2. The lowest BCUT2D eigenvalue weighted by molar-refractivity contribution is -0.719. The minimum atomic E-state index is 0.431. The van der Waals surface area contributed by atoms with Crippen LogP contribution in [0.15, 0.2) is 36.8 Å². The zero-order valence-corrected chi connectivity index (χ0v) is 8.38. The molecule has 0 fully saturated rings. The van der Waals surface area contributed by atoms with Crippen molar-refractivity contribution in [1.29, 1.82) is 0 Å². The number of rotatable bonds is 2. The Bertz CT molecular complexity index is 403. The lowest BCUT2D eigenvalue weighted by Crippen LogP contribution is -2.33. The van der Waals surface area contributed by atoms with Crippen molar-refractivity contribution in [3.8, 4) is 5.82 Å². The van der Waals surface area contributed by atoms with Crippen molar-refractivity contribution in [3.05, 3.63) is 43.1 Å². The van der Waals surface area contributed by atoms with E-state index < -0.39 is 0 Å². The van der Waals surface area contributed by atoms with Crippen LogP contribution in [-0.4, -0.2) is 9.55 Å². The van der Waals surface area contributed by atoms with Crippen molar-refractivity contribution in [2.75, 3.05) is 0 Å². The molecule has 2 aromatic rings. The molecular formula is C11H13N3+. The van der Waals surface area contributed by atoms with Crippen LogP contribution in [-0.2, 0) is 0 Å². The van der Waals surface area contributed by atoms with Crippen LogP contribution in [0.3, 0.4) is 0 Å². The number of pyridine rings is 1. The van der Waals surface area contributed by atoms with Gasteiger partial charge in [0.05, 0.1) is 6.04 Å². The van der Waals surface area contributed by atoms with Crippen LogP contribution in [0.5, 0.6) is 0 Å². The number of hydrogen-bond donors (Lipinski definition) is 0. The van der Waals surface area contributed by atoms with Gasteiger partial charge < -0.3 is 0 Å². The summed E-state index contributed by atoms with van der Waals surface area (Å²) in [5.74, 6) is 0.895. The zero-order chi connectivity index (χ0) is 9.97. The van der Waals surface area contributed by atoms with Gasteiger partial charge in [0.2, 0.25) is 5.82 Å². The number of hydrogen-bond acceptors (Lipinski definition) is 1. The second kappa shape index (κ2) is 3.62. The molecule has 3 heteroatoms. The molecule has 0 saturated heterocycles. The lowest BCUT2D eigenvalue weighted by atomic mass is 10.4. The average molecular weight is 187 g/mol. The minimum Gasteiger partial charge on any atom is -0.221 e. The molecule has 0 atom stereocenters. The molecule has 2 rings (SSSR count). The first-order valence-electron chi connectivity index (χ1n) is 4.70. The van der Waals surface area contributed by atoms with Gasteiger partial charge in [0, 0.05) is 12.3 Å². The average Bonchev–Trinajstić information content (AvgIpc) is 2.68. The Morgan fingerprint density at radius 2 is 2.29 bits per heavy atom. The van der Waals surface area contributed by atoms with Gasteiger partial charge in [-0.1, -0.05) is 6.07 Å². The van der Waals surface area contributed by atoms with Gasteiger partial charge in [-0.2, -0.15) is 4.57 Å². The van der Waals surface area contributed by atoms with Crippen LogP contribution < -0.4 is 4.57 Å². The summed E-state index contributed by atoms with van der Waals surface area (Å²) in [6.07, 6.45) is 8.94. The molecule has 0 aliphatic carbocycles. The minimum absolute atomic E-state index is 0.431.